The molecule has 6 heteroatoms. The molecule has 1 N–H and O–H groups in total. The predicted molar refractivity (Wildman–Crippen MR) is 97.9 cm³/mol. The van der Waals surface area contributed by atoms with Gasteiger partial charge in [0.1, 0.15) is 5.25 Å². The van der Waals surface area contributed by atoms with Gasteiger partial charge in [-0.1, -0.05) is 46.4 Å². The van der Waals surface area contributed by atoms with Gasteiger partial charge in [-0.3, -0.25) is 9.59 Å². The number of amidine groups is 1. The van der Waals surface area contributed by atoms with Crippen LogP contribution in [0.1, 0.15) is 53.9 Å². The molecule has 0 bridgehead atoms. The first kappa shape index (κ1) is 17.8. The van der Waals surface area contributed by atoms with Crippen molar-refractivity contribution in [2.45, 2.75) is 65.2 Å². The number of nitrogens with zero attached hydrogens (tertiary/aromatic N) is 2. The second-order valence-corrected chi connectivity index (χ2v) is 9.84. The lowest BCUT2D eigenvalue weighted by Gasteiger charge is -2.30. The van der Waals surface area contributed by atoms with Crippen molar-refractivity contribution in [2.75, 3.05) is 13.1 Å². The molecule has 0 radical (unpaired) electrons. The van der Waals surface area contributed by atoms with E-state index in [2.05, 4.69) is 44.9 Å². The molecule has 2 heterocycles. The maximum Gasteiger partial charge on any atom is 0.262 e. The summed E-state index contributed by atoms with van der Waals surface area (Å²) in [4.78, 5) is 30.7. The van der Waals surface area contributed by atoms with Crippen molar-refractivity contribution in [3.05, 3.63) is 0 Å². The minimum atomic E-state index is -0.357. The Hall–Kier alpha value is -1.04. The molecule has 0 spiro atoms. The number of piperidine rings is 1. The molecule has 0 aromatic rings. The number of aliphatic imine (C=N–C) groups is 1. The van der Waals surface area contributed by atoms with E-state index < -0.39 is 0 Å². The van der Waals surface area contributed by atoms with E-state index in [4.69, 9.17) is 0 Å². The zero-order valence-electron chi connectivity index (χ0n) is 15.4. The van der Waals surface area contributed by atoms with E-state index >= 15 is 0 Å². The number of likely N-dealkylation sites (tertiary alicyclic amines) is 1. The fourth-order valence-electron chi connectivity index (χ4n) is 3.81. The lowest BCUT2D eigenvalue weighted by Crippen LogP contribution is -2.39. The molecule has 2 fully saturated rings. The highest BCUT2D eigenvalue weighted by Crippen LogP contribution is 2.62. The first-order valence-corrected chi connectivity index (χ1v) is 9.84. The average Bonchev–Trinajstić information content (AvgIpc) is 2.77. The highest BCUT2D eigenvalue weighted by Gasteiger charge is 2.65. The molecule has 2 amide bonds. The van der Waals surface area contributed by atoms with Crippen LogP contribution in [0, 0.1) is 16.7 Å². The van der Waals surface area contributed by atoms with Crippen LogP contribution in [-0.4, -0.2) is 46.3 Å². The summed E-state index contributed by atoms with van der Waals surface area (Å²) in [5.74, 6) is 0.620. The van der Waals surface area contributed by atoms with E-state index in [1.54, 1.807) is 0 Å². The maximum absolute atomic E-state index is 12.4. The summed E-state index contributed by atoms with van der Waals surface area (Å²) in [6.07, 6.45) is 2.39. The van der Waals surface area contributed by atoms with Crippen LogP contribution >= 0.6 is 11.8 Å². The molecule has 1 saturated heterocycles. The van der Waals surface area contributed by atoms with Gasteiger partial charge in [-0.25, -0.2) is 0 Å². The average molecular weight is 352 g/mol. The van der Waals surface area contributed by atoms with Gasteiger partial charge < -0.3 is 10.2 Å². The fourth-order valence-corrected chi connectivity index (χ4v) is 4.78. The summed E-state index contributed by atoms with van der Waals surface area (Å²) in [6, 6.07) is 0.321. The molecule has 24 heavy (non-hydrogen) atoms. The summed E-state index contributed by atoms with van der Waals surface area (Å²) in [7, 11) is 0. The van der Waals surface area contributed by atoms with Crippen molar-refractivity contribution in [3.63, 3.8) is 0 Å². The van der Waals surface area contributed by atoms with E-state index in [1.165, 1.54) is 11.8 Å². The molecular weight excluding hydrogens is 322 g/mol. The van der Waals surface area contributed by atoms with E-state index in [1.807, 2.05) is 4.90 Å². The number of carbonyl (C=O) groups is 2. The maximum atomic E-state index is 12.4. The first-order chi connectivity index (χ1) is 11.1. The third-order valence-electron chi connectivity index (χ3n) is 6.53. The molecule has 1 unspecified atom stereocenters. The highest BCUT2D eigenvalue weighted by atomic mass is 32.2. The number of hydrogen-bond donors (Lipinski definition) is 1. The van der Waals surface area contributed by atoms with Crippen molar-refractivity contribution in [2.24, 2.45) is 21.7 Å². The molecular formula is C18H29N3O2S. The van der Waals surface area contributed by atoms with Crippen molar-refractivity contribution in [1.29, 1.82) is 0 Å². The summed E-state index contributed by atoms with van der Waals surface area (Å²) >= 11 is 1.42. The van der Waals surface area contributed by atoms with Crippen molar-refractivity contribution in [3.8, 4) is 0 Å². The van der Waals surface area contributed by atoms with Crippen LogP contribution in [0.25, 0.3) is 0 Å². The highest BCUT2D eigenvalue weighted by molar-refractivity contribution is 8.15. The van der Waals surface area contributed by atoms with Gasteiger partial charge >= 0.3 is 0 Å². The van der Waals surface area contributed by atoms with Gasteiger partial charge in [0.2, 0.25) is 5.91 Å². The quantitative estimate of drug-likeness (QED) is 0.849. The topological polar surface area (TPSA) is 61.8 Å². The van der Waals surface area contributed by atoms with Gasteiger partial charge in [0.25, 0.3) is 5.91 Å². The van der Waals surface area contributed by atoms with E-state index in [9.17, 15) is 9.59 Å². The SMILES string of the molecule is CC1CCN(C(=O)CC2SC(NC3C(C)(C)C3(C)C)=NC2=O)CC1. The lowest BCUT2D eigenvalue weighted by atomic mass is 9.99. The third kappa shape index (κ3) is 3.09. The van der Waals surface area contributed by atoms with Gasteiger partial charge in [-0.15, -0.1) is 0 Å². The molecule has 134 valence electrons. The second-order valence-electron chi connectivity index (χ2n) is 8.65. The molecule has 3 rings (SSSR count). The minimum Gasteiger partial charge on any atom is -0.361 e. The van der Waals surface area contributed by atoms with Crippen LogP contribution in [-0.2, 0) is 9.59 Å². The van der Waals surface area contributed by atoms with Crippen LogP contribution < -0.4 is 5.32 Å². The van der Waals surface area contributed by atoms with Gasteiger partial charge in [0, 0.05) is 25.6 Å². The molecule has 0 aromatic heterocycles. The number of nitrogens with one attached hydrogen (secondary N) is 1. The third-order valence-corrected chi connectivity index (χ3v) is 7.61. The number of hydrogen-bond acceptors (Lipinski definition) is 4. The molecule has 0 aromatic carbocycles. The summed E-state index contributed by atoms with van der Waals surface area (Å²) < 4.78 is 0. The summed E-state index contributed by atoms with van der Waals surface area (Å²) in [5, 5.41) is 3.75. The Bertz CT molecular complexity index is 563. The first-order valence-electron chi connectivity index (χ1n) is 8.96. The molecule has 1 aliphatic carbocycles. The number of carbonyl (C=O) groups excluding carboxylic acids is 2. The number of thioether (sulfide) groups is 1. The normalized spacial score (nSPS) is 29.5. The van der Waals surface area contributed by atoms with Crippen LogP contribution in [0.5, 0.6) is 0 Å². The van der Waals surface area contributed by atoms with Gasteiger partial charge in [0.05, 0.1) is 0 Å². The molecule has 5 nitrogen and oxygen atoms in total. The molecule has 2 aliphatic heterocycles. The molecule has 3 aliphatic rings. The Labute approximate surface area is 149 Å². The molecule has 1 atom stereocenters. The Morgan fingerprint density at radius 3 is 2.38 bits per heavy atom. The standard InChI is InChI=1S/C18H29N3O2S/c1-11-6-8-21(9-7-11)13(22)10-12-14(23)19-16(24-12)20-15-17(2,3)18(15,4)5/h11-12,15H,6-10H2,1-5H3,(H,19,20,23). The Balaban J connectivity index is 1.51. The Morgan fingerprint density at radius 2 is 1.83 bits per heavy atom. The summed E-state index contributed by atoms with van der Waals surface area (Å²) in [6.45, 7) is 12.8. The van der Waals surface area contributed by atoms with Crippen molar-refractivity contribution < 1.29 is 9.59 Å². The van der Waals surface area contributed by atoms with Crippen molar-refractivity contribution >= 4 is 28.7 Å². The van der Waals surface area contributed by atoms with Gasteiger partial charge in [-0.05, 0) is 29.6 Å². The fraction of sp³-hybridized carbons (Fsp3) is 0.833. The Morgan fingerprint density at radius 1 is 1.25 bits per heavy atom. The van der Waals surface area contributed by atoms with E-state index in [0.717, 1.165) is 25.9 Å². The monoisotopic (exact) mass is 351 g/mol. The number of rotatable bonds is 3. The van der Waals surface area contributed by atoms with Crippen molar-refractivity contribution in [1.82, 2.24) is 10.2 Å². The van der Waals surface area contributed by atoms with E-state index in [-0.39, 0.29) is 34.3 Å². The van der Waals surface area contributed by atoms with Crippen LogP contribution in [0.3, 0.4) is 0 Å². The number of amides is 2. The zero-order valence-corrected chi connectivity index (χ0v) is 16.2. The summed E-state index contributed by atoms with van der Waals surface area (Å²) in [5.41, 5.74) is 0.384. The van der Waals surface area contributed by atoms with Crippen LogP contribution in [0.2, 0.25) is 0 Å². The Kier molecular flexibility index (Phi) is 4.47. The smallest absolute Gasteiger partial charge is 0.262 e. The van der Waals surface area contributed by atoms with Gasteiger partial charge in [0.15, 0.2) is 5.17 Å². The largest absolute Gasteiger partial charge is 0.361 e. The minimum absolute atomic E-state index is 0.0938. The lowest BCUT2D eigenvalue weighted by molar-refractivity contribution is -0.133. The predicted octanol–water partition coefficient (Wildman–Crippen LogP) is 2.66. The van der Waals surface area contributed by atoms with E-state index in [0.29, 0.717) is 17.1 Å². The van der Waals surface area contributed by atoms with Gasteiger partial charge in [-0.2, -0.15) is 4.99 Å². The molecule has 1 saturated carbocycles. The zero-order chi connectivity index (χ0) is 17.7. The van der Waals surface area contributed by atoms with Crippen LogP contribution in [0.4, 0.5) is 0 Å². The van der Waals surface area contributed by atoms with Crippen LogP contribution in [0.15, 0.2) is 4.99 Å². The second kappa shape index (κ2) is 6.04.